The largest absolute Gasteiger partial charge is 0.492 e. The molecule has 1 unspecified atom stereocenters. The van der Waals surface area contributed by atoms with Gasteiger partial charge in [-0.3, -0.25) is 0 Å². The number of hydrogen-bond acceptors (Lipinski definition) is 4. The summed E-state index contributed by atoms with van der Waals surface area (Å²) in [5, 5.41) is 5.40. The number of hydrogen-bond donors (Lipinski definition) is 2. The first-order chi connectivity index (χ1) is 14.0. The van der Waals surface area contributed by atoms with Crippen molar-refractivity contribution in [1.29, 1.82) is 0 Å². The van der Waals surface area contributed by atoms with Gasteiger partial charge in [0, 0.05) is 5.70 Å². The summed E-state index contributed by atoms with van der Waals surface area (Å²) in [6.07, 6.45) is 8.65. The Labute approximate surface area is 181 Å². The molecule has 2 amide bonds. The van der Waals surface area contributed by atoms with E-state index in [1.54, 1.807) is 6.92 Å². The molecule has 0 fully saturated rings. The molecule has 0 aliphatic carbocycles. The second-order valence-corrected chi connectivity index (χ2v) is 8.08. The van der Waals surface area contributed by atoms with Crippen molar-refractivity contribution < 1.29 is 19.1 Å². The molecule has 0 aromatic heterocycles. The predicted octanol–water partition coefficient (Wildman–Crippen LogP) is 5.38. The van der Waals surface area contributed by atoms with Gasteiger partial charge in [-0.2, -0.15) is 0 Å². The van der Waals surface area contributed by atoms with Crippen molar-refractivity contribution in [1.82, 2.24) is 10.6 Å². The molecule has 1 aromatic rings. The van der Waals surface area contributed by atoms with Crippen molar-refractivity contribution in [2.24, 2.45) is 0 Å². The molecule has 2 N–H and O–H groups in total. The van der Waals surface area contributed by atoms with Gasteiger partial charge in [0.2, 0.25) is 0 Å². The molecule has 0 radical (unpaired) electrons. The van der Waals surface area contributed by atoms with Crippen LogP contribution in [0.15, 0.2) is 33.9 Å². The van der Waals surface area contributed by atoms with E-state index >= 15 is 0 Å². The van der Waals surface area contributed by atoms with E-state index in [9.17, 15) is 9.59 Å². The zero-order valence-electron chi connectivity index (χ0n) is 17.5. The number of carbonyl (C=O) groups is 2. The number of nitrogens with one attached hydrogen (secondary N) is 2. The zero-order valence-corrected chi connectivity index (χ0v) is 19.1. The van der Waals surface area contributed by atoms with Crippen molar-refractivity contribution in [3.05, 3.63) is 39.5 Å². The second kappa shape index (κ2) is 11.9. The number of allylic oxidation sites excluding steroid dienone is 1. The number of ether oxygens (including phenoxy) is 2. The highest BCUT2D eigenvalue weighted by molar-refractivity contribution is 9.10. The standard InChI is InChI=1S/C22H31BrN2O4/c1-4-5-6-7-8-9-10-13-29-18-12-11-16(14-17(18)23)20-19(21(26)28-3)15(2)24-22(27)25-20/h11-12,14,20H,4-10,13H2,1-3H3,(H2,24,25,27). The van der Waals surface area contributed by atoms with Crippen molar-refractivity contribution in [3.8, 4) is 5.75 Å². The van der Waals surface area contributed by atoms with Crippen molar-refractivity contribution >= 4 is 27.9 Å². The second-order valence-electron chi connectivity index (χ2n) is 7.22. The van der Waals surface area contributed by atoms with Crippen LogP contribution >= 0.6 is 15.9 Å². The van der Waals surface area contributed by atoms with E-state index in [-0.39, 0.29) is 6.03 Å². The molecule has 0 saturated carbocycles. The van der Waals surface area contributed by atoms with Crippen LogP contribution in [0.2, 0.25) is 0 Å². The number of esters is 1. The summed E-state index contributed by atoms with van der Waals surface area (Å²) < 4.78 is 11.6. The van der Waals surface area contributed by atoms with Crippen LogP contribution < -0.4 is 15.4 Å². The number of urea groups is 1. The Bertz CT molecular complexity index is 748. The van der Waals surface area contributed by atoms with Gasteiger partial charge in [0.25, 0.3) is 0 Å². The van der Waals surface area contributed by atoms with Gasteiger partial charge in [-0.15, -0.1) is 0 Å². The molecule has 1 atom stereocenters. The highest BCUT2D eigenvalue weighted by atomic mass is 79.9. The minimum atomic E-state index is -0.579. The first-order valence-corrected chi connectivity index (χ1v) is 11.1. The lowest BCUT2D eigenvalue weighted by Crippen LogP contribution is -2.45. The van der Waals surface area contributed by atoms with E-state index in [1.807, 2.05) is 18.2 Å². The SMILES string of the molecule is CCCCCCCCCOc1ccc(C2NC(=O)NC(C)=C2C(=O)OC)cc1Br. The van der Waals surface area contributed by atoms with Gasteiger partial charge in [0.1, 0.15) is 5.75 Å². The fourth-order valence-electron chi connectivity index (χ4n) is 3.38. The molecule has 2 rings (SSSR count). The normalized spacial score (nSPS) is 16.3. The van der Waals surface area contributed by atoms with Gasteiger partial charge in [-0.05, 0) is 47.0 Å². The van der Waals surface area contributed by atoms with Gasteiger partial charge >= 0.3 is 12.0 Å². The molecule has 6 nitrogen and oxygen atoms in total. The Balaban J connectivity index is 1.97. The van der Waals surface area contributed by atoms with Crippen LogP contribution in [0.4, 0.5) is 4.79 Å². The maximum absolute atomic E-state index is 12.2. The van der Waals surface area contributed by atoms with Crippen LogP contribution in [0.3, 0.4) is 0 Å². The fraction of sp³-hybridized carbons (Fsp3) is 0.545. The third-order valence-electron chi connectivity index (χ3n) is 4.97. The van der Waals surface area contributed by atoms with E-state index in [2.05, 4.69) is 33.5 Å². The summed E-state index contributed by atoms with van der Waals surface area (Å²) in [5.41, 5.74) is 1.64. The maximum atomic E-state index is 12.2. The molecule has 160 valence electrons. The van der Waals surface area contributed by atoms with Crippen LogP contribution in [-0.4, -0.2) is 25.7 Å². The number of unbranched alkanes of at least 4 members (excludes halogenated alkanes) is 6. The zero-order chi connectivity index (χ0) is 21.2. The molecule has 1 heterocycles. The Kier molecular flexibility index (Phi) is 9.51. The summed E-state index contributed by atoms with van der Waals surface area (Å²) in [5.74, 6) is 0.274. The van der Waals surface area contributed by atoms with E-state index in [4.69, 9.17) is 9.47 Å². The minimum Gasteiger partial charge on any atom is -0.492 e. The number of amides is 2. The van der Waals surface area contributed by atoms with Crippen LogP contribution in [0.25, 0.3) is 0 Å². The van der Waals surface area contributed by atoms with Crippen LogP contribution in [-0.2, 0) is 9.53 Å². The molecular weight excluding hydrogens is 436 g/mol. The highest BCUT2D eigenvalue weighted by Crippen LogP contribution is 2.33. The molecule has 1 aliphatic rings. The summed E-state index contributed by atoms with van der Waals surface area (Å²) in [6, 6.07) is 4.66. The minimum absolute atomic E-state index is 0.351. The number of rotatable bonds is 11. The molecule has 1 aliphatic heterocycles. The lowest BCUT2D eigenvalue weighted by molar-refractivity contribution is -0.136. The molecule has 0 saturated heterocycles. The van der Waals surface area contributed by atoms with Gasteiger partial charge in [-0.1, -0.05) is 51.5 Å². The molecule has 1 aromatic carbocycles. The average molecular weight is 467 g/mol. The lowest BCUT2D eigenvalue weighted by Gasteiger charge is -2.28. The first kappa shape index (κ1) is 23.3. The quantitative estimate of drug-likeness (QED) is 0.339. The third kappa shape index (κ3) is 6.77. The third-order valence-corrected chi connectivity index (χ3v) is 5.59. The van der Waals surface area contributed by atoms with E-state index in [0.717, 1.165) is 22.2 Å². The summed E-state index contributed by atoms with van der Waals surface area (Å²) in [4.78, 5) is 24.1. The fourth-order valence-corrected chi connectivity index (χ4v) is 3.89. The van der Waals surface area contributed by atoms with Crippen molar-refractivity contribution in [3.63, 3.8) is 0 Å². The van der Waals surface area contributed by atoms with E-state index < -0.39 is 12.0 Å². The molecule has 0 spiro atoms. The molecule has 29 heavy (non-hydrogen) atoms. The van der Waals surface area contributed by atoms with Crippen LogP contribution in [0, 0.1) is 0 Å². The van der Waals surface area contributed by atoms with Gasteiger partial charge < -0.3 is 20.1 Å². The Morgan fingerprint density at radius 3 is 2.48 bits per heavy atom. The lowest BCUT2D eigenvalue weighted by atomic mass is 9.95. The summed E-state index contributed by atoms with van der Waals surface area (Å²) in [7, 11) is 1.33. The van der Waals surface area contributed by atoms with Gasteiger partial charge in [0.05, 0.1) is 29.8 Å². The first-order valence-electron chi connectivity index (χ1n) is 10.3. The highest BCUT2D eigenvalue weighted by Gasteiger charge is 2.32. The van der Waals surface area contributed by atoms with Gasteiger partial charge in [-0.25, -0.2) is 9.59 Å². The van der Waals surface area contributed by atoms with E-state index in [1.165, 1.54) is 45.6 Å². The average Bonchev–Trinajstić information content (AvgIpc) is 2.69. The molecular formula is C22H31BrN2O4. The maximum Gasteiger partial charge on any atom is 0.337 e. The monoisotopic (exact) mass is 466 g/mol. The van der Waals surface area contributed by atoms with Crippen LogP contribution in [0.1, 0.15) is 70.4 Å². The Hall–Kier alpha value is -2.02. The van der Waals surface area contributed by atoms with Crippen molar-refractivity contribution in [2.75, 3.05) is 13.7 Å². The summed E-state index contributed by atoms with van der Waals surface area (Å²) in [6.45, 7) is 4.58. The molecule has 7 heteroatoms. The number of halogens is 1. The van der Waals surface area contributed by atoms with Crippen molar-refractivity contribution in [2.45, 2.75) is 64.8 Å². The van der Waals surface area contributed by atoms with Crippen LogP contribution in [0.5, 0.6) is 5.75 Å². The Morgan fingerprint density at radius 1 is 1.14 bits per heavy atom. The smallest absolute Gasteiger partial charge is 0.337 e. The number of benzene rings is 1. The Morgan fingerprint density at radius 2 is 1.83 bits per heavy atom. The number of methoxy groups -OCH3 is 1. The number of carbonyl (C=O) groups excluding carboxylic acids is 2. The van der Waals surface area contributed by atoms with E-state index in [0.29, 0.717) is 17.9 Å². The molecule has 0 bridgehead atoms. The topological polar surface area (TPSA) is 76.7 Å². The predicted molar refractivity (Wildman–Crippen MR) is 117 cm³/mol. The van der Waals surface area contributed by atoms with Gasteiger partial charge in [0.15, 0.2) is 0 Å². The summed E-state index contributed by atoms with van der Waals surface area (Å²) >= 11 is 3.54.